The third-order valence-corrected chi connectivity index (χ3v) is 4.47. The molecule has 1 amide bonds. The van der Waals surface area contributed by atoms with Gasteiger partial charge in [0.25, 0.3) is 5.91 Å². The molecule has 0 aliphatic carbocycles. The molecule has 0 radical (unpaired) electrons. The number of thioether (sulfide) groups is 1. The Morgan fingerprint density at radius 1 is 1.52 bits per heavy atom. The Labute approximate surface area is 127 Å². The van der Waals surface area contributed by atoms with Crippen LogP contribution in [0, 0.1) is 5.92 Å². The number of benzene rings is 1. The third-order valence-electron chi connectivity index (χ3n) is 3.24. The van der Waals surface area contributed by atoms with Gasteiger partial charge in [-0.25, -0.2) is 0 Å². The molecule has 1 aromatic rings. The maximum absolute atomic E-state index is 11.8. The lowest BCUT2D eigenvalue weighted by Gasteiger charge is -2.12. The first-order valence-electron chi connectivity index (χ1n) is 6.75. The average Bonchev–Trinajstić information content (AvgIpc) is 3.04. The summed E-state index contributed by atoms with van der Waals surface area (Å²) in [4.78, 5) is 11.8. The number of carbonyl (C=O) groups is 1. The van der Waals surface area contributed by atoms with Crippen molar-refractivity contribution in [1.29, 1.82) is 0 Å². The van der Waals surface area contributed by atoms with Crippen molar-refractivity contribution in [3.63, 3.8) is 0 Å². The molecule has 0 saturated carbocycles. The minimum absolute atomic E-state index is 0.0472. The quantitative estimate of drug-likeness (QED) is 0.316. The fraction of sp³-hybridized carbons (Fsp3) is 0.429. The molecule has 1 heterocycles. The maximum atomic E-state index is 11.8. The van der Waals surface area contributed by atoms with E-state index in [0.29, 0.717) is 23.8 Å². The Balaban J connectivity index is 1.83. The number of nitrogens with one attached hydrogen (secondary N) is 1. The van der Waals surface area contributed by atoms with E-state index in [9.17, 15) is 4.79 Å². The molecule has 1 saturated heterocycles. The zero-order valence-corrected chi connectivity index (χ0v) is 12.4. The number of amides is 1. The van der Waals surface area contributed by atoms with E-state index in [4.69, 9.17) is 15.7 Å². The summed E-state index contributed by atoms with van der Waals surface area (Å²) in [5.74, 6) is 3.04. The first-order chi connectivity index (χ1) is 10.2. The molecular weight excluding hydrogens is 290 g/mol. The molecule has 1 aromatic carbocycles. The fourth-order valence-electron chi connectivity index (χ4n) is 2.05. The second kappa shape index (κ2) is 7.78. The van der Waals surface area contributed by atoms with Gasteiger partial charge in [0.05, 0.1) is 5.56 Å². The lowest BCUT2D eigenvalue weighted by atomic mass is 10.1. The predicted octanol–water partition coefficient (Wildman–Crippen LogP) is 1.03. The van der Waals surface area contributed by atoms with Crippen LogP contribution in [0.15, 0.2) is 29.4 Å². The van der Waals surface area contributed by atoms with Crippen molar-refractivity contribution < 1.29 is 14.7 Å². The SMILES string of the molecule is N/C(=N/O)c1ccccc1OCC(=O)NCC1CCSC1. The zero-order valence-electron chi connectivity index (χ0n) is 11.6. The molecule has 114 valence electrons. The molecule has 6 nitrogen and oxygen atoms in total. The number of ether oxygens (including phenoxy) is 1. The summed E-state index contributed by atoms with van der Waals surface area (Å²) in [7, 11) is 0. The number of para-hydroxylation sites is 1. The molecule has 0 aromatic heterocycles. The standard InChI is InChI=1S/C14H19N3O3S/c15-14(17-19)11-3-1-2-4-12(11)20-8-13(18)16-7-10-5-6-21-9-10/h1-4,10,19H,5-9H2,(H2,15,17)(H,16,18). The van der Waals surface area contributed by atoms with E-state index in [0.717, 1.165) is 12.2 Å². The molecule has 21 heavy (non-hydrogen) atoms. The highest BCUT2D eigenvalue weighted by molar-refractivity contribution is 7.99. The monoisotopic (exact) mass is 309 g/mol. The largest absolute Gasteiger partial charge is 0.483 e. The number of nitrogens with two attached hydrogens (primary N) is 1. The molecule has 7 heteroatoms. The summed E-state index contributed by atoms with van der Waals surface area (Å²) in [6, 6.07) is 6.85. The highest BCUT2D eigenvalue weighted by atomic mass is 32.2. The number of hydrogen-bond donors (Lipinski definition) is 3. The average molecular weight is 309 g/mol. The van der Waals surface area contributed by atoms with Crippen molar-refractivity contribution in [2.75, 3.05) is 24.7 Å². The van der Waals surface area contributed by atoms with Crippen LogP contribution in [0.2, 0.25) is 0 Å². The summed E-state index contributed by atoms with van der Waals surface area (Å²) in [6.07, 6.45) is 1.15. The van der Waals surface area contributed by atoms with Crippen molar-refractivity contribution in [1.82, 2.24) is 5.32 Å². The fourth-order valence-corrected chi connectivity index (χ4v) is 3.34. The van der Waals surface area contributed by atoms with Crippen molar-refractivity contribution >= 4 is 23.5 Å². The minimum atomic E-state index is -0.166. The lowest BCUT2D eigenvalue weighted by molar-refractivity contribution is -0.123. The van der Waals surface area contributed by atoms with Crippen LogP contribution in [0.1, 0.15) is 12.0 Å². The molecular formula is C14H19N3O3S. The summed E-state index contributed by atoms with van der Waals surface area (Å²) in [5.41, 5.74) is 6.02. The van der Waals surface area contributed by atoms with Gasteiger partial charge >= 0.3 is 0 Å². The predicted molar refractivity (Wildman–Crippen MR) is 82.9 cm³/mol. The van der Waals surface area contributed by atoms with E-state index in [1.807, 2.05) is 11.8 Å². The Morgan fingerprint density at radius 3 is 3.05 bits per heavy atom. The first kappa shape index (κ1) is 15.5. The van der Waals surface area contributed by atoms with Gasteiger partial charge in [-0.15, -0.1) is 0 Å². The van der Waals surface area contributed by atoms with Crippen LogP contribution >= 0.6 is 11.8 Å². The Morgan fingerprint density at radius 2 is 2.33 bits per heavy atom. The van der Waals surface area contributed by atoms with Gasteiger partial charge in [-0.3, -0.25) is 4.79 Å². The highest BCUT2D eigenvalue weighted by Gasteiger charge is 2.16. The maximum Gasteiger partial charge on any atom is 0.257 e. The van der Waals surface area contributed by atoms with Gasteiger partial charge < -0.3 is 21.0 Å². The van der Waals surface area contributed by atoms with Gasteiger partial charge in [-0.1, -0.05) is 17.3 Å². The molecule has 0 bridgehead atoms. The van der Waals surface area contributed by atoms with E-state index in [-0.39, 0.29) is 18.3 Å². The molecule has 4 N–H and O–H groups in total. The number of hydrogen-bond acceptors (Lipinski definition) is 5. The highest BCUT2D eigenvalue weighted by Crippen LogP contribution is 2.22. The Hall–Kier alpha value is -1.89. The Kier molecular flexibility index (Phi) is 5.74. The van der Waals surface area contributed by atoms with Crippen molar-refractivity contribution in [2.45, 2.75) is 6.42 Å². The molecule has 0 spiro atoms. The zero-order chi connectivity index (χ0) is 15.1. The van der Waals surface area contributed by atoms with Gasteiger partial charge in [-0.2, -0.15) is 11.8 Å². The van der Waals surface area contributed by atoms with Gasteiger partial charge in [0.1, 0.15) is 5.75 Å². The number of nitrogens with zero attached hydrogens (tertiary/aromatic N) is 1. The van der Waals surface area contributed by atoms with Crippen LogP contribution in [0.25, 0.3) is 0 Å². The summed E-state index contributed by atoms with van der Waals surface area (Å²) >= 11 is 1.92. The number of rotatable bonds is 6. The first-order valence-corrected chi connectivity index (χ1v) is 7.90. The van der Waals surface area contributed by atoms with Crippen LogP contribution < -0.4 is 15.8 Å². The van der Waals surface area contributed by atoms with Gasteiger partial charge in [0.15, 0.2) is 12.4 Å². The third kappa shape index (κ3) is 4.56. The Bertz CT molecular complexity index is 516. The molecule has 2 rings (SSSR count). The summed E-state index contributed by atoms with van der Waals surface area (Å²) in [5, 5.41) is 14.5. The molecule has 1 fully saturated rings. The van der Waals surface area contributed by atoms with Gasteiger partial charge in [0, 0.05) is 6.54 Å². The summed E-state index contributed by atoms with van der Waals surface area (Å²) in [6.45, 7) is 0.604. The number of carbonyl (C=O) groups excluding carboxylic acids is 1. The smallest absolute Gasteiger partial charge is 0.257 e. The van der Waals surface area contributed by atoms with E-state index < -0.39 is 0 Å². The van der Waals surface area contributed by atoms with Gasteiger partial charge in [-0.05, 0) is 36.0 Å². The topological polar surface area (TPSA) is 96.9 Å². The second-order valence-electron chi connectivity index (χ2n) is 4.80. The molecule has 1 aliphatic rings. The van der Waals surface area contributed by atoms with E-state index in [2.05, 4.69) is 10.5 Å². The van der Waals surface area contributed by atoms with E-state index in [1.54, 1.807) is 24.3 Å². The minimum Gasteiger partial charge on any atom is -0.483 e. The van der Waals surface area contributed by atoms with Crippen LogP contribution in [0.3, 0.4) is 0 Å². The summed E-state index contributed by atoms with van der Waals surface area (Å²) < 4.78 is 5.45. The normalized spacial score (nSPS) is 18.5. The second-order valence-corrected chi connectivity index (χ2v) is 5.95. The van der Waals surface area contributed by atoms with Crippen molar-refractivity contribution in [3.8, 4) is 5.75 Å². The van der Waals surface area contributed by atoms with Crippen LogP contribution in [-0.4, -0.2) is 41.6 Å². The molecule has 1 aliphatic heterocycles. The van der Waals surface area contributed by atoms with Crippen molar-refractivity contribution in [3.05, 3.63) is 29.8 Å². The van der Waals surface area contributed by atoms with Crippen LogP contribution in [-0.2, 0) is 4.79 Å². The van der Waals surface area contributed by atoms with Crippen LogP contribution in [0.4, 0.5) is 0 Å². The number of amidine groups is 1. The van der Waals surface area contributed by atoms with E-state index >= 15 is 0 Å². The van der Waals surface area contributed by atoms with Crippen LogP contribution in [0.5, 0.6) is 5.75 Å². The molecule has 1 unspecified atom stereocenters. The lowest BCUT2D eigenvalue weighted by Crippen LogP contribution is -2.33. The van der Waals surface area contributed by atoms with E-state index in [1.165, 1.54) is 5.75 Å². The van der Waals surface area contributed by atoms with Gasteiger partial charge in [0.2, 0.25) is 0 Å². The number of oxime groups is 1. The molecule has 1 atom stereocenters. The van der Waals surface area contributed by atoms with Crippen molar-refractivity contribution in [2.24, 2.45) is 16.8 Å².